The van der Waals surface area contributed by atoms with Gasteiger partial charge >= 0.3 is 5.97 Å². The Bertz CT molecular complexity index is 607. The predicted octanol–water partition coefficient (Wildman–Crippen LogP) is 2.65. The van der Waals surface area contributed by atoms with Crippen molar-refractivity contribution in [3.05, 3.63) is 22.8 Å². The minimum atomic E-state index is -1.16. The number of ether oxygens (including phenoxy) is 2. The Morgan fingerprint density at radius 1 is 1.24 bits per heavy atom. The van der Waals surface area contributed by atoms with Gasteiger partial charge in [-0.05, 0) is 52.4 Å². The molecule has 2 bridgehead atoms. The zero-order valence-electron chi connectivity index (χ0n) is 15.6. The van der Waals surface area contributed by atoms with E-state index in [1.54, 1.807) is 6.92 Å². The summed E-state index contributed by atoms with van der Waals surface area (Å²) in [6, 6.07) is 0. The molecule has 0 radical (unpaired) electrons. The standard InChI is InChI=1S/C20H30O5/c1-11-6-5-7-12(2)14-8-9-20(4,25-14)18(22)17(21)16-13(3)19(23)24-15(16)10-11/h6,12,14-15,17-18,21-22H,5,7-10H2,1-4H3/b11-6+/t12-,14+,15-,17-,18+,20?/m0/s1. The molecule has 3 heterocycles. The number of fused-ring (bicyclic) bond motifs is 3. The molecule has 1 fully saturated rings. The van der Waals surface area contributed by atoms with Gasteiger partial charge in [0.25, 0.3) is 0 Å². The summed E-state index contributed by atoms with van der Waals surface area (Å²) >= 11 is 0. The maximum atomic E-state index is 12.0. The number of hydrogen-bond acceptors (Lipinski definition) is 5. The van der Waals surface area contributed by atoms with Gasteiger partial charge in [0.2, 0.25) is 0 Å². The fourth-order valence-corrected chi connectivity index (χ4v) is 4.37. The van der Waals surface area contributed by atoms with Crippen molar-refractivity contribution in [2.24, 2.45) is 5.92 Å². The smallest absolute Gasteiger partial charge is 0.334 e. The SMILES string of the molecule is CC1=C2[C@H](C/C(C)=C/CC[C@H](C)[C@H]3CCC(C)(O3)[C@H](O)[C@H]2O)OC1=O. The molecular formula is C20H30O5. The van der Waals surface area contributed by atoms with Gasteiger partial charge in [-0.15, -0.1) is 0 Å². The molecule has 0 amide bonds. The molecule has 0 aromatic heterocycles. The zero-order valence-corrected chi connectivity index (χ0v) is 15.6. The molecule has 0 aliphatic carbocycles. The van der Waals surface area contributed by atoms with Gasteiger partial charge < -0.3 is 19.7 Å². The Morgan fingerprint density at radius 2 is 1.96 bits per heavy atom. The lowest BCUT2D eigenvalue weighted by atomic mass is 9.84. The van der Waals surface area contributed by atoms with Gasteiger partial charge in [0.1, 0.15) is 18.3 Å². The monoisotopic (exact) mass is 350 g/mol. The van der Waals surface area contributed by atoms with Crippen molar-refractivity contribution in [2.45, 2.75) is 89.8 Å². The topological polar surface area (TPSA) is 76.0 Å². The summed E-state index contributed by atoms with van der Waals surface area (Å²) < 4.78 is 11.7. The zero-order chi connectivity index (χ0) is 18.4. The van der Waals surface area contributed by atoms with E-state index in [9.17, 15) is 15.0 Å². The van der Waals surface area contributed by atoms with Crippen LogP contribution in [0.1, 0.15) is 59.8 Å². The number of allylic oxidation sites excluding steroid dienone is 1. The van der Waals surface area contributed by atoms with Gasteiger partial charge in [-0.2, -0.15) is 0 Å². The van der Waals surface area contributed by atoms with E-state index in [2.05, 4.69) is 13.0 Å². The Balaban J connectivity index is 1.97. The predicted molar refractivity (Wildman–Crippen MR) is 93.9 cm³/mol. The van der Waals surface area contributed by atoms with Gasteiger partial charge in [-0.3, -0.25) is 0 Å². The Morgan fingerprint density at radius 3 is 2.68 bits per heavy atom. The van der Waals surface area contributed by atoms with E-state index in [0.717, 1.165) is 24.8 Å². The first kappa shape index (κ1) is 18.6. The number of esters is 1. The molecule has 0 aromatic carbocycles. The van der Waals surface area contributed by atoms with Crippen LogP contribution in [0.3, 0.4) is 0 Å². The van der Waals surface area contributed by atoms with Crippen LogP contribution < -0.4 is 0 Å². The van der Waals surface area contributed by atoms with Crippen molar-refractivity contribution in [1.82, 2.24) is 0 Å². The Labute approximate surface area is 149 Å². The van der Waals surface area contributed by atoms with Crippen molar-refractivity contribution in [3.63, 3.8) is 0 Å². The fraction of sp³-hybridized carbons (Fsp3) is 0.750. The van der Waals surface area contributed by atoms with E-state index in [0.29, 0.717) is 29.9 Å². The Kier molecular flexibility index (Phi) is 5.11. The third-order valence-electron chi connectivity index (χ3n) is 6.18. The molecule has 0 aromatic rings. The molecule has 1 unspecified atom stereocenters. The molecule has 2 N–H and O–H groups in total. The lowest BCUT2D eigenvalue weighted by molar-refractivity contribution is -0.146. The van der Waals surface area contributed by atoms with Crippen LogP contribution in [0.2, 0.25) is 0 Å². The molecule has 3 aliphatic rings. The summed E-state index contributed by atoms with van der Waals surface area (Å²) in [6.45, 7) is 7.73. The lowest BCUT2D eigenvalue weighted by Gasteiger charge is -2.35. The number of carbonyl (C=O) groups excluding carboxylic acids is 1. The van der Waals surface area contributed by atoms with Crippen LogP contribution in [0.5, 0.6) is 0 Å². The molecule has 5 nitrogen and oxygen atoms in total. The highest BCUT2D eigenvalue weighted by molar-refractivity contribution is 5.92. The van der Waals surface area contributed by atoms with Crippen LogP contribution in [0, 0.1) is 5.92 Å². The fourth-order valence-electron chi connectivity index (χ4n) is 4.37. The van der Waals surface area contributed by atoms with Crippen molar-refractivity contribution in [2.75, 3.05) is 0 Å². The molecule has 25 heavy (non-hydrogen) atoms. The van der Waals surface area contributed by atoms with Crippen molar-refractivity contribution < 1.29 is 24.5 Å². The second kappa shape index (κ2) is 6.86. The van der Waals surface area contributed by atoms with Crippen LogP contribution >= 0.6 is 0 Å². The number of carbonyl (C=O) groups is 1. The first-order valence-electron chi connectivity index (χ1n) is 9.34. The number of aliphatic hydroxyl groups excluding tert-OH is 2. The van der Waals surface area contributed by atoms with Gasteiger partial charge in [-0.1, -0.05) is 18.6 Å². The molecule has 5 heteroatoms. The quantitative estimate of drug-likeness (QED) is 0.519. The number of rotatable bonds is 0. The first-order valence-corrected chi connectivity index (χ1v) is 9.34. The molecule has 6 atom stereocenters. The second-order valence-electron chi connectivity index (χ2n) is 8.18. The summed E-state index contributed by atoms with van der Waals surface area (Å²) in [4.78, 5) is 12.0. The Hall–Kier alpha value is -1.17. The third-order valence-corrected chi connectivity index (χ3v) is 6.18. The van der Waals surface area contributed by atoms with E-state index < -0.39 is 29.9 Å². The van der Waals surface area contributed by atoms with Gasteiger partial charge in [0.05, 0.1) is 11.7 Å². The van der Waals surface area contributed by atoms with Gasteiger partial charge in [0.15, 0.2) is 0 Å². The average Bonchev–Trinajstić information content (AvgIpc) is 3.07. The molecule has 140 valence electrons. The highest BCUT2D eigenvalue weighted by Crippen LogP contribution is 2.41. The summed E-state index contributed by atoms with van der Waals surface area (Å²) in [6.07, 6.45) is 3.61. The number of hydrogen-bond donors (Lipinski definition) is 2. The third kappa shape index (κ3) is 3.42. The van der Waals surface area contributed by atoms with E-state index in [-0.39, 0.29) is 6.10 Å². The molecule has 0 saturated carbocycles. The molecule has 0 spiro atoms. The highest BCUT2D eigenvalue weighted by atomic mass is 16.6. The molecule has 3 aliphatic heterocycles. The summed E-state index contributed by atoms with van der Waals surface area (Å²) in [7, 11) is 0. The summed E-state index contributed by atoms with van der Waals surface area (Å²) in [5.41, 5.74) is 1.24. The van der Waals surface area contributed by atoms with Crippen LogP contribution in [0.15, 0.2) is 22.8 Å². The summed E-state index contributed by atoms with van der Waals surface area (Å²) in [5, 5.41) is 21.8. The number of aliphatic hydroxyl groups is 2. The van der Waals surface area contributed by atoms with Gasteiger partial charge in [0, 0.05) is 17.6 Å². The van der Waals surface area contributed by atoms with E-state index in [1.807, 2.05) is 13.8 Å². The lowest BCUT2D eigenvalue weighted by Crippen LogP contribution is -2.49. The van der Waals surface area contributed by atoms with Crippen LogP contribution in [-0.4, -0.2) is 46.2 Å². The van der Waals surface area contributed by atoms with Crippen molar-refractivity contribution >= 4 is 5.97 Å². The van der Waals surface area contributed by atoms with E-state index >= 15 is 0 Å². The summed E-state index contributed by atoms with van der Waals surface area (Å²) in [5.74, 6) is -0.00983. The molecule has 1 saturated heterocycles. The normalized spacial score (nSPS) is 45.0. The minimum absolute atomic E-state index is 0.0913. The first-order chi connectivity index (χ1) is 11.7. The van der Waals surface area contributed by atoms with Crippen LogP contribution in [-0.2, 0) is 14.3 Å². The highest BCUT2D eigenvalue weighted by Gasteiger charge is 2.49. The average molecular weight is 350 g/mol. The van der Waals surface area contributed by atoms with Crippen molar-refractivity contribution in [3.8, 4) is 0 Å². The molecule has 3 rings (SSSR count). The van der Waals surface area contributed by atoms with Crippen LogP contribution in [0.25, 0.3) is 0 Å². The second-order valence-corrected chi connectivity index (χ2v) is 8.18. The van der Waals surface area contributed by atoms with Crippen LogP contribution in [0.4, 0.5) is 0 Å². The van der Waals surface area contributed by atoms with Crippen molar-refractivity contribution in [1.29, 1.82) is 0 Å². The maximum Gasteiger partial charge on any atom is 0.334 e. The minimum Gasteiger partial charge on any atom is -0.454 e. The molecular weight excluding hydrogens is 320 g/mol. The van der Waals surface area contributed by atoms with E-state index in [1.165, 1.54) is 0 Å². The largest absolute Gasteiger partial charge is 0.454 e. The maximum absolute atomic E-state index is 12.0. The van der Waals surface area contributed by atoms with Gasteiger partial charge in [-0.25, -0.2) is 4.79 Å². The van der Waals surface area contributed by atoms with E-state index in [4.69, 9.17) is 9.47 Å².